The zero-order valence-electron chi connectivity index (χ0n) is 21.6. The molecule has 9 heteroatoms. The highest BCUT2D eigenvalue weighted by molar-refractivity contribution is 7.90. The Balaban J connectivity index is 1.54. The Morgan fingerprint density at radius 2 is 2.00 bits per heavy atom. The smallest absolute Gasteiger partial charge is 0.160 e. The number of nitrogens with zero attached hydrogens (tertiary/aromatic N) is 4. The first kappa shape index (κ1) is 24.9. The maximum atomic E-state index is 15.2. The molecule has 0 aliphatic heterocycles. The summed E-state index contributed by atoms with van der Waals surface area (Å²) in [4.78, 5) is 14.5. The normalized spacial score (nSPS) is 22.4. The average molecular weight is 533 g/mol. The van der Waals surface area contributed by atoms with Crippen LogP contribution in [-0.2, 0) is 34.5 Å². The van der Waals surface area contributed by atoms with Crippen molar-refractivity contribution in [3.63, 3.8) is 0 Å². The van der Waals surface area contributed by atoms with Gasteiger partial charge in [-0.1, -0.05) is 31.1 Å². The van der Waals surface area contributed by atoms with Crippen LogP contribution in [0.5, 0.6) is 0 Å². The predicted octanol–water partition coefficient (Wildman–Crippen LogP) is 5.10. The lowest BCUT2D eigenvalue weighted by molar-refractivity contribution is 0.172. The van der Waals surface area contributed by atoms with Crippen LogP contribution in [0.15, 0.2) is 53.3 Å². The average Bonchev–Trinajstić information content (AvgIpc) is 3.35. The van der Waals surface area contributed by atoms with Gasteiger partial charge in [-0.25, -0.2) is 22.8 Å². The number of benzene rings is 1. The first-order valence-corrected chi connectivity index (χ1v) is 14.9. The molecule has 0 bridgehead atoms. The van der Waals surface area contributed by atoms with Crippen LogP contribution in [0.4, 0.5) is 4.39 Å². The van der Waals surface area contributed by atoms with Crippen molar-refractivity contribution in [3.05, 3.63) is 82.9 Å². The van der Waals surface area contributed by atoms with E-state index in [2.05, 4.69) is 24.0 Å². The molecule has 0 amide bonds. The number of aryl methyl sites for hydroxylation is 1. The maximum absolute atomic E-state index is 15.2. The lowest BCUT2D eigenvalue weighted by Crippen LogP contribution is -2.45. The van der Waals surface area contributed by atoms with Crippen LogP contribution < -0.4 is 0 Å². The van der Waals surface area contributed by atoms with E-state index in [0.29, 0.717) is 29.2 Å². The quantitative estimate of drug-likeness (QED) is 0.353. The highest BCUT2D eigenvalue weighted by atomic mass is 32.2. The molecule has 0 fully saturated rings. The summed E-state index contributed by atoms with van der Waals surface area (Å²) >= 11 is 0. The number of rotatable bonds is 5. The third kappa shape index (κ3) is 4.22. The first-order valence-electron chi connectivity index (χ1n) is 12.9. The molecule has 196 valence electrons. The lowest BCUT2D eigenvalue weighted by Gasteiger charge is -2.47. The van der Waals surface area contributed by atoms with Gasteiger partial charge in [0.1, 0.15) is 21.4 Å². The molecule has 4 aromatic rings. The molecule has 3 atom stereocenters. The summed E-state index contributed by atoms with van der Waals surface area (Å²) in [5.74, 6) is 1.58. The molecule has 0 radical (unpaired) electrons. The molecule has 7 nitrogen and oxygen atoms in total. The van der Waals surface area contributed by atoms with E-state index >= 15 is 4.39 Å². The molecule has 0 saturated heterocycles. The van der Waals surface area contributed by atoms with Gasteiger partial charge in [0.2, 0.25) is 0 Å². The van der Waals surface area contributed by atoms with E-state index in [-0.39, 0.29) is 28.8 Å². The summed E-state index contributed by atoms with van der Waals surface area (Å²) in [5.41, 5.74) is 5.13. The fourth-order valence-corrected chi connectivity index (χ4v) is 6.99. The minimum Gasteiger partial charge on any atom is -0.361 e. The molecule has 0 unspecified atom stereocenters. The van der Waals surface area contributed by atoms with E-state index in [1.54, 1.807) is 24.5 Å². The van der Waals surface area contributed by atoms with Crippen LogP contribution in [0.3, 0.4) is 0 Å². The molecule has 1 aromatic carbocycles. The molecular weight excluding hydrogens is 503 g/mol. The van der Waals surface area contributed by atoms with Crippen molar-refractivity contribution in [2.75, 3.05) is 12.0 Å². The highest BCUT2D eigenvalue weighted by Gasteiger charge is 2.50. The number of fused-ring (bicyclic) bond motifs is 4. The van der Waals surface area contributed by atoms with Gasteiger partial charge in [0.05, 0.1) is 23.3 Å². The zero-order chi connectivity index (χ0) is 26.7. The van der Waals surface area contributed by atoms with E-state index in [9.17, 15) is 8.42 Å². The second kappa shape index (κ2) is 9.08. The Kier molecular flexibility index (Phi) is 5.94. The third-order valence-corrected chi connectivity index (χ3v) is 9.20. The fourth-order valence-electron chi connectivity index (χ4n) is 6.41. The zero-order valence-corrected chi connectivity index (χ0v) is 22.4. The van der Waals surface area contributed by atoms with Crippen LogP contribution in [-0.4, -0.2) is 40.5 Å². The largest absolute Gasteiger partial charge is 0.361 e. The summed E-state index contributed by atoms with van der Waals surface area (Å²) in [7, 11) is -3.13. The number of halogens is 1. The number of hydrogen-bond acceptors (Lipinski definition) is 7. The van der Waals surface area contributed by atoms with Crippen molar-refractivity contribution in [3.8, 4) is 22.6 Å². The molecule has 38 heavy (non-hydrogen) atoms. The Morgan fingerprint density at radius 3 is 2.79 bits per heavy atom. The highest BCUT2D eigenvalue weighted by Crippen LogP contribution is 2.54. The van der Waals surface area contributed by atoms with Crippen molar-refractivity contribution in [1.29, 1.82) is 0 Å². The maximum Gasteiger partial charge on any atom is 0.160 e. The topological polar surface area (TPSA) is 98.8 Å². The minimum atomic E-state index is -3.13. The van der Waals surface area contributed by atoms with Crippen molar-refractivity contribution < 1.29 is 17.3 Å². The Hall–Kier alpha value is -3.46. The lowest BCUT2D eigenvalue weighted by atomic mass is 9.56. The van der Waals surface area contributed by atoms with Crippen molar-refractivity contribution in [2.45, 2.75) is 50.9 Å². The predicted molar refractivity (Wildman–Crippen MR) is 142 cm³/mol. The number of hydrogen-bond donors (Lipinski definition) is 0. The summed E-state index contributed by atoms with van der Waals surface area (Å²) < 4.78 is 44.2. The second-order valence-corrected chi connectivity index (χ2v) is 13.1. The first-order chi connectivity index (χ1) is 18.1. The molecule has 2 aliphatic rings. The Labute approximate surface area is 221 Å². The summed E-state index contributed by atoms with van der Waals surface area (Å²) in [6.07, 6.45) is 7.35. The summed E-state index contributed by atoms with van der Waals surface area (Å²) in [6.45, 7) is 4.43. The van der Waals surface area contributed by atoms with E-state index < -0.39 is 9.84 Å². The van der Waals surface area contributed by atoms with Crippen molar-refractivity contribution in [1.82, 2.24) is 20.1 Å². The van der Waals surface area contributed by atoms with E-state index in [1.807, 2.05) is 18.2 Å². The van der Waals surface area contributed by atoms with Gasteiger partial charge in [-0.2, -0.15) is 0 Å². The number of pyridine rings is 1. The van der Waals surface area contributed by atoms with Crippen LogP contribution in [0.1, 0.15) is 54.5 Å². The standard InChI is InChI=1S/C29H29FN4O3S/c1-17-23-9-8-22-25(21-6-4-5-7-24(21)30)33-28(18-10-12-31-20(14-18)11-13-38(3,35)36)34-27(22)29(23,2)15-19-16-32-37-26(17)19/h4-7,10,12,14,16-17,23H,8-9,11,13,15H2,1-3H3/t17-,23-,29-/m1/s1. The van der Waals surface area contributed by atoms with Crippen LogP contribution >= 0.6 is 0 Å². The number of aromatic nitrogens is 4. The van der Waals surface area contributed by atoms with Gasteiger partial charge in [0.15, 0.2) is 5.82 Å². The molecule has 0 saturated carbocycles. The summed E-state index contributed by atoms with van der Waals surface area (Å²) in [6, 6.07) is 10.4. The third-order valence-electron chi connectivity index (χ3n) is 8.26. The number of sulfone groups is 1. The van der Waals surface area contributed by atoms with Gasteiger partial charge >= 0.3 is 0 Å². The van der Waals surface area contributed by atoms with Gasteiger partial charge in [-0.05, 0) is 49.4 Å². The molecule has 0 spiro atoms. The van der Waals surface area contributed by atoms with Crippen LogP contribution in [0.2, 0.25) is 0 Å². The van der Waals surface area contributed by atoms with Crippen molar-refractivity contribution in [2.24, 2.45) is 5.92 Å². The van der Waals surface area contributed by atoms with Gasteiger partial charge in [-0.15, -0.1) is 0 Å². The molecule has 3 heterocycles. The fraction of sp³-hybridized carbons (Fsp3) is 0.379. The van der Waals surface area contributed by atoms with Crippen molar-refractivity contribution >= 4 is 9.84 Å². The minimum absolute atomic E-state index is 0.00762. The Morgan fingerprint density at radius 1 is 1.18 bits per heavy atom. The van der Waals surface area contributed by atoms with Gasteiger partial charge in [0.25, 0.3) is 0 Å². The van der Waals surface area contributed by atoms with E-state index in [4.69, 9.17) is 14.5 Å². The molecule has 3 aromatic heterocycles. The Bertz CT molecular complexity index is 1650. The molecule has 6 rings (SSSR count). The molecule has 0 N–H and O–H groups in total. The van der Waals surface area contributed by atoms with Gasteiger partial charge in [0, 0.05) is 58.2 Å². The monoisotopic (exact) mass is 532 g/mol. The molecular formula is C29H29FN4O3S. The summed E-state index contributed by atoms with van der Waals surface area (Å²) in [5, 5.41) is 4.08. The van der Waals surface area contributed by atoms with Crippen LogP contribution in [0.25, 0.3) is 22.6 Å². The van der Waals surface area contributed by atoms with Gasteiger partial charge in [-0.3, -0.25) is 4.98 Å². The van der Waals surface area contributed by atoms with E-state index in [1.165, 1.54) is 12.3 Å². The van der Waals surface area contributed by atoms with Crippen LogP contribution in [0, 0.1) is 11.7 Å². The van der Waals surface area contributed by atoms with Gasteiger partial charge < -0.3 is 4.52 Å². The second-order valence-electron chi connectivity index (χ2n) is 10.9. The molecule has 2 aliphatic carbocycles. The van der Waals surface area contributed by atoms with E-state index in [0.717, 1.165) is 47.4 Å². The SMILES string of the molecule is C[C@H]1c2oncc2C[C@@]2(C)c3nc(-c4ccnc(CCS(C)(=O)=O)c4)nc(-c4ccccc4F)c3CC[C@H]12.